The largest absolute Gasteiger partial charge is 0.445 e. The van der Waals surface area contributed by atoms with E-state index in [1.165, 1.54) is 12.1 Å². The van der Waals surface area contributed by atoms with E-state index in [2.05, 4.69) is 15.1 Å². The van der Waals surface area contributed by atoms with E-state index in [9.17, 15) is 8.78 Å². The molecule has 0 spiro atoms. The molecule has 1 fully saturated rings. The number of thiophene rings is 1. The third kappa shape index (κ3) is 4.12. The van der Waals surface area contributed by atoms with Gasteiger partial charge in [0, 0.05) is 30.4 Å². The van der Waals surface area contributed by atoms with E-state index in [0.717, 1.165) is 41.9 Å². The van der Waals surface area contributed by atoms with Crippen LogP contribution in [0.25, 0.3) is 11.4 Å². The molecule has 5 rings (SSSR count). The van der Waals surface area contributed by atoms with Gasteiger partial charge in [-0.2, -0.15) is 16.4 Å². The topological polar surface area (TPSA) is 56.7 Å². The summed E-state index contributed by atoms with van der Waals surface area (Å²) in [6.07, 6.45) is 5.29. The van der Waals surface area contributed by atoms with Crippen LogP contribution in [0, 0.1) is 11.6 Å². The van der Waals surface area contributed by atoms with E-state index in [-0.39, 0.29) is 0 Å². The van der Waals surface area contributed by atoms with Gasteiger partial charge >= 0.3 is 0 Å². The van der Waals surface area contributed by atoms with Crippen LogP contribution >= 0.6 is 11.3 Å². The molecule has 148 valence electrons. The highest BCUT2D eigenvalue weighted by atomic mass is 32.1. The predicted molar refractivity (Wildman–Crippen MR) is 105 cm³/mol. The molecule has 0 aliphatic heterocycles. The van der Waals surface area contributed by atoms with Crippen LogP contribution in [0.2, 0.25) is 0 Å². The van der Waals surface area contributed by atoms with Crippen molar-refractivity contribution < 1.29 is 13.2 Å². The van der Waals surface area contributed by atoms with Crippen molar-refractivity contribution in [2.75, 3.05) is 0 Å². The molecule has 1 aliphatic carbocycles. The molecule has 0 atom stereocenters. The van der Waals surface area contributed by atoms with Crippen LogP contribution in [0.15, 0.2) is 45.6 Å². The standard InChI is InChI=1S/C21H18F2N4OS/c22-16-7-15(8-17(23)9-16)20-25-19(27(26-20)11-13-5-6-29-12-13)4-3-18-10-24-21(28-18)14-1-2-14/h5-10,12,14H,1-4,11H2. The normalized spacial score (nSPS) is 13.9. The van der Waals surface area contributed by atoms with E-state index in [1.807, 2.05) is 16.8 Å². The molecule has 0 unspecified atom stereocenters. The van der Waals surface area contributed by atoms with Gasteiger partial charge in [0.05, 0.1) is 12.7 Å². The number of nitrogens with zero attached hydrogens (tertiary/aromatic N) is 4. The zero-order valence-electron chi connectivity index (χ0n) is 15.5. The molecule has 5 nitrogen and oxygen atoms in total. The summed E-state index contributed by atoms with van der Waals surface area (Å²) in [6.45, 7) is 0.549. The van der Waals surface area contributed by atoms with Gasteiger partial charge in [-0.05, 0) is 47.4 Å². The van der Waals surface area contributed by atoms with Gasteiger partial charge in [-0.3, -0.25) is 0 Å². The predicted octanol–water partition coefficient (Wildman–Crippen LogP) is 4.98. The van der Waals surface area contributed by atoms with Gasteiger partial charge in [0.2, 0.25) is 0 Å². The van der Waals surface area contributed by atoms with Crippen molar-refractivity contribution in [1.82, 2.24) is 19.7 Å². The Morgan fingerprint density at radius 1 is 1.14 bits per heavy atom. The van der Waals surface area contributed by atoms with Gasteiger partial charge in [-0.25, -0.2) is 23.4 Å². The Morgan fingerprint density at radius 3 is 2.69 bits per heavy atom. The first-order valence-electron chi connectivity index (χ1n) is 9.50. The molecule has 0 saturated heterocycles. The molecule has 0 N–H and O–H groups in total. The van der Waals surface area contributed by atoms with Crippen molar-refractivity contribution in [3.63, 3.8) is 0 Å². The van der Waals surface area contributed by atoms with E-state index in [1.54, 1.807) is 22.2 Å². The van der Waals surface area contributed by atoms with Crippen LogP contribution in [0.4, 0.5) is 8.78 Å². The van der Waals surface area contributed by atoms with Crippen LogP contribution in [-0.2, 0) is 19.4 Å². The van der Waals surface area contributed by atoms with Crippen molar-refractivity contribution in [1.29, 1.82) is 0 Å². The summed E-state index contributed by atoms with van der Waals surface area (Å²) in [4.78, 5) is 8.93. The quantitative estimate of drug-likeness (QED) is 0.429. The maximum atomic E-state index is 13.6. The monoisotopic (exact) mass is 412 g/mol. The number of aromatic nitrogens is 4. The van der Waals surface area contributed by atoms with E-state index in [4.69, 9.17) is 4.42 Å². The highest BCUT2D eigenvalue weighted by Crippen LogP contribution is 2.39. The van der Waals surface area contributed by atoms with Crippen LogP contribution in [0.3, 0.4) is 0 Å². The lowest BCUT2D eigenvalue weighted by atomic mass is 10.2. The first kappa shape index (κ1) is 18.2. The SMILES string of the molecule is Fc1cc(F)cc(-c2nc(CCc3cnc(C4CC4)o3)n(Cc3ccsc3)n2)c1. The van der Waals surface area contributed by atoms with Gasteiger partial charge in [-0.1, -0.05) is 0 Å². The summed E-state index contributed by atoms with van der Waals surface area (Å²) < 4.78 is 34.9. The first-order chi connectivity index (χ1) is 14.1. The van der Waals surface area contributed by atoms with Crippen LogP contribution in [0.1, 0.15) is 41.8 Å². The number of halogens is 2. The van der Waals surface area contributed by atoms with Crippen molar-refractivity contribution in [2.45, 2.75) is 38.1 Å². The molecule has 0 amide bonds. The molecule has 0 radical (unpaired) electrons. The molecule has 0 bridgehead atoms. The summed E-state index contributed by atoms with van der Waals surface area (Å²) in [5, 5.41) is 8.57. The summed E-state index contributed by atoms with van der Waals surface area (Å²) in [7, 11) is 0. The summed E-state index contributed by atoms with van der Waals surface area (Å²) >= 11 is 1.61. The maximum absolute atomic E-state index is 13.6. The second kappa shape index (κ2) is 7.51. The summed E-state index contributed by atoms with van der Waals surface area (Å²) in [6, 6.07) is 5.36. The molecule has 1 aromatic carbocycles. The minimum absolute atomic E-state index is 0.310. The molecule has 1 saturated carbocycles. The highest BCUT2D eigenvalue weighted by molar-refractivity contribution is 7.07. The third-order valence-corrected chi connectivity index (χ3v) is 5.61. The first-order valence-corrected chi connectivity index (χ1v) is 10.4. The Hall–Kier alpha value is -2.87. The molecule has 1 aliphatic rings. The lowest BCUT2D eigenvalue weighted by Gasteiger charge is -2.03. The van der Waals surface area contributed by atoms with Gasteiger partial charge in [0.25, 0.3) is 0 Å². The molecule has 29 heavy (non-hydrogen) atoms. The second-order valence-electron chi connectivity index (χ2n) is 7.24. The number of oxazole rings is 1. The van der Waals surface area contributed by atoms with E-state index in [0.29, 0.717) is 36.7 Å². The average Bonchev–Trinajstić information content (AvgIpc) is 3.08. The Bertz CT molecular complexity index is 1110. The van der Waals surface area contributed by atoms with Gasteiger partial charge < -0.3 is 4.42 Å². The number of aryl methyl sites for hydroxylation is 2. The molecule has 3 heterocycles. The minimum Gasteiger partial charge on any atom is -0.445 e. The fraction of sp³-hybridized carbons (Fsp3) is 0.286. The Kier molecular flexibility index (Phi) is 4.71. The van der Waals surface area contributed by atoms with E-state index >= 15 is 0 Å². The van der Waals surface area contributed by atoms with Gasteiger partial charge in [-0.15, -0.1) is 0 Å². The molecular formula is C21H18F2N4OS. The molecule has 4 aromatic rings. The second-order valence-corrected chi connectivity index (χ2v) is 8.02. The summed E-state index contributed by atoms with van der Waals surface area (Å²) in [5.41, 5.74) is 1.43. The van der Waals surface area contributed by atoms with Crippen molar-refractivity contribution in [2.24, 2.45) is 0 Å². The Morgan fingerprint density at radius 2 is 1.97 bits per heavy atom. The zero-order valence-corrected chi connectivity index (χ0v) is 16.3. The van der Waals surface area contributed by atoms with Crippen molar-refractivity contribution >= 4 is 11.3 Å². The van der Waals surface area contributed by atoms with E-state index < -0.39 is 11.6 Å². The number of hydrogen-bond acceptors (Lipinski definition) is 5. The van der Waals surface area contributed by atoms with Crippen LogP contribution in [-0.4, -0.2) is 19.7 Å². The molecular weight excluding hydrogens is 394 g/mol. The maximum Gasteiger partial charge on any atom is 0.197 e. The lowest BCUT2D eigenvalue weighted by Crippen LogP contribution is -2.07. The Balaban J connectivity index is 1.42. The molecule has 3 aromatic heterocycles. The van der Waals surface area contributed by atoms with Crippen LogP contribution < -0.4 is 0 Å². The zero-order chi connectivity index (χ0) is 19.8. The number of rotatable bonds is 7. The Labute approximate surface area is 170 Å². The average molecular weight is 412 g/mol. The highest BCUT2D eigenvalue weighted by Gasteiger charge is 2.28. The lowest BCUT2D eigenvalue weighted by molar-refractivity contribution is 0.452. The van der Waals surface area contributed by atoms with Gasteiger partial charge in [0.1, 0.15) is 23.2 Å². The fourth-order valence-corrected chi connectivity index (χ4v) is 3.90. The fourth-order valence-electron chi connectivity index (χ4n) is 3.24. The van der Waals surface area contributed by atoms with Crippen molar-refractivity contribution in [3.05, 3.63) is 75.9 Å². The smallest absolute Gasteiger partial charge is 0.197 e. The minimum atomic E-state index is -0.648. The summed E-state index contributed by atoms with van der Waals surface area (Å²) in [5.74, 6) is 1.85. The molecule has 8 heteroatoms. The number of benzene rings is 1. The van der Waals surface area contributed by atoms with Gasteiger partial charge in [0.15, 0.2) is 11.7 Å². The van der Waals surface area contributed by atoms with Crippen LogP contribution in [0.5, 0.6) is 0 Å². The number of hydrogen-bond donors (Lipinski definition) is 0. The third-order valence-electron chi connectivity index (χ3n) is 4.87. The van der Waals surface area contributed by atoms with Crippen molar-refractivity contribution in [3.8, 4) is 11.4 Å².